The van der Waals surface area contributed by atoms with Gasteiger partial charge in [0.05, 0.1) is 15.2 Å². The molecule has 21 heavy (non-hydrogen) atoms. The van der Waals surface area contributed by atoms with Crippen LogP contribution in [0.4, 0.5) is 0 Å². The van der Waals surface area contributed by atoms with E-state index in [4.69, 9.17) is 13.6 Å². The minimum absolute atomic E-state index is 0.0209. The van der Waals surface area contributed by atoms with Gasteiger partial charge in [0.25, 0.3) is 5.95 Å². The monoisotopic (exact) mass is 346 g/mol. The van der Waals surface area contributed by atoms with Crippen molar-refractivity contribution in [1.29, 1.82) is 0 Å². The summed E-state index contributed by atoms with van der Waals surface area (Å²) in [6.07, 6.45) is 0.826. The van der Waals surface area contributed by atoms with Crippen LogP contribution >= 0.6 is 0 Å². The second kappa shape index (κ2) is 8.19. The Kier molecular flexibility index (Phi) is 7.98. The summed E-state index contributed by atoms with van der Waals surface area (Å²) < 4.78 is 17.5. The maximum Gasteiger partial charge on any atom is 0.340 e. The zero-order chi connectivity index (χ0) is 16.8. The molecule has 1 unspecified atom stereocenters. The zero-order valence-corrected chi connectivity index (χ0v) is 17.9. The van der Waals surface area contributed by atoms with E-state index in [1.165, 1.54) is 0 Å². The molecule has 0 heterocycles. The van der Waals surface area contributed by atoms with Crippen LogP contribution in [0.5, 0.6) is 0 Å². The Bertz CT molecular complexity index is 359. The zero-order valence-electron chi connectivity index (χ0n) is 14.9. The molecule has 4 nitrogen and oxygen atoms in total. The van der Waals surface area contributed by atoms with Gasteiger partial charge >= 0.3 is 5.97 Å². The Balaban J connectivity index is 5.27. The molecule has 122 valence electrons. The van der Waals surface area contributed by atoms with Crippen LogP contribution in [0.3, 0.4) is 0 Å². The minimum Gasteiger partial charge on any atom is -0.520 e. The van der Waals surface area contributed by atoms with Crippen molar-refractivity contribution in [2.24, 2.45) is 0 Å². The molecule has 0 fully saturated rings. The lowest BCUT2D eigenvalue weighted by Gasteiger charge is -2.28. The highest BCUT2D eigenvalue weighted by Gasteiger charge is 2.28. The summed E-state index contributed by atoms with van der Waals surface area (Å²) in [6, 6.07) is 0. The summed E-state index contributed by atoms with van der Waals surface area (Å²) in [5.41, 5.74) is 0.420. The van der Waals surface area contributed by atoms with E-state index in [-0.39, 0.29) is 11.7 Å². The van der Waals surface area contributed by atoms with Gasteiger partial charge in [-0.05, 0) is 52.6 Å². The number of esters is 1. The Labute approximate surface area is 134 Å². The van der Waals surface area contributed by atoms with Gasteiger partial charge < -0.3 is 13.6 Å². The normalized spacial score (nSPS) is 13.4. The molecule has 0 amide bonds. The maximum absolute atomic E-state index is 12.3. The summed E-state index contributed by atoms with van der Waals surface area (Å²) >= 11 is 0. The van der Waals surface area contributed by atoms with Crippen LogP contribution in [0.15, 0.2) is 11.5 Å². The Morgan fingerprint density at radius 1 is 1.05 bits per heavy atom. The molecule has 1 atom stereocenters. The number of rotatable bonds is 8. The summed E-state index contributed by atoms with van der Waals surface area (Å²) in [5, 5.41) is 0. The Hall–Kier alpha value is -0.539. The van der Waals surface area contributed by atoms with Gasteiger partial charge in [0.2, 0.25) is 16.6 Å². The number of ether oxygens (including phenoxy) is 1. The lowest BCUT2D eigenvalue weighted by Crippen LogP contribution is -2.33. The average Bonchev–Trinajstić information content (AvgIpc) is 2.30. The highest BCUT2D eigenvalue weighted by molar-refractivity contribution is 6.71. The molecule has 0 rings (SSSR count). The topological polar surface area (TPSA) is 44.8 Å². The molecule has 7 heteroatoms. The number of hydrogen-bond acceptors (Lipinski definition) is 4. The van der Waals surface area contributed by atoms with Crippen molar-refractivity contribution in [2.75, 3.05) is 0 Å². The van der Waals surface area contributed by atoms with Crippen molar-refractivity contribution in [3.63, 3.8) is 0 Å². The first-order valence-corrected chi connectivity index (χ1v) is 15.8. The van der Waals surface area contributed by atoms with E-state index < -0.39 is 16.6 Å². The fourth-order valence-corrected chi connectivity index (χ4v) is 3.60. The van der Waals surface area contributed by atoms with Crippen molar-refractivity contribution in [3.8, 4) is 0 Å². The maximum atomic E-state index is 12.3. The number of carbonyl (C=O) groups is 1. The lowest BCUT2D eigenvalue weighted by molar-refractivity contribution is -0.141. The first-order chi connectivity index (χ1) is 9.39. The van der Waals surface area contributed by atoms with Crippen LogP contribution in [0, 0.1) is 0 Å². The lowest BCUT2D eigenvalue weighted by atomic mass is 10.3. The summed E-state index contributed by atoms with van der Waals surface area (Å²) in [4.78, 5) is 12.3. The molecular weight excluding hydrogens is 316 g/mol. The Morgan fingerprint density at radius 3 is 1.76 bits per heavy atom. The third kappa shape index (κ3) is 9.15. The largest absolute Gasteiger partial charge is 0.520 e. The highest BCUT2D eigenvalue weighted by atomic mass is 28.4. The standard InChI is InChI=1S/C14H30O4Si3/c1-10-12(19-3)16-13(15)11(2)14(17-20(4,5)6)18-21(7,8)9/h12H,10H2,1-9H3. The SMILES string of the molecule is CCC(OC(=O)C(C)=C(O[Si](C)(C)C)O[Si](C)(C)C)[Si]C. The summed E-state index contributed by atoms with van der Waals surface area (Å²) in [7, 11) is -3.13. The van der Waals surface area contributed by atoms with Crippen LogP contribution in [-0.4, -0.2) is 37.9 Å². The molecule has 0 aliphatic rings. The van der Waals surface area contributed by atoms with Crippen LogP contribution in [0.1, 0.15) is 20.3 Å². The van der Waals surface area contributed by atoms with Gasteiger partial charge in [0.15, 0.2) is 0 Å². The quantitative estimate of drug-likeness (QED) is 0.289. The molecule has 0 bridgehead atoms. The van der Waals surface area contributed by atoms with Crippen molar-refractivity contribution >= 4 is 32.1 Å². The van der Waals surface area contributed by atoms with E-state index in [0.717, 1.165) is 6.42 Å². The third-order valence-corrected chi connectivity index (χ3v) is 5.12. The van der Waals surface area contributed by atoms with Crippen LogP contribution < -0.4 is 0 Å². The van der Waals surface area contributed by atoms with E-state index in [9.17, 15) is 4.79 Å². The molecule has 0 aromatic rings. The van der Waals surface area contributed by atoms with Crippen LogP contribution in [-0.2, 0) is 18.4 Å². The van der Waals surface area contributed by atoms with Crippen molar-refractivity contribution in [1.82, 2.24) is 0 Å². The highest BCUT2D eigenvalue weighted by Crippen LogP contribution is 2.21. The Morgan fingerprint density at radius 2 is 1.48 bits per heavy atom. The van der Waals surface area contributed by atoms with Crippen molar-refractivity contribution in [2.45, 2.75) is 71.8 Å². The smallest absolute Gasteiger partial charge is 0.340 e. The second-order valence-corrected chi connectivity index (χ2v) is 17.0. The van der Waals surface area contributed by atoms with E-state index in [0.29, 0.717) is 21.0 Å². The summed E-state index contributed by atoms with van der Waals surface area (Å²) in [6.45, 7) is 18.2. The molecule has 0 aliphatic carbocycles. The van der Waals surface area contributed by atoms with E-state index in [1.807, 2.05) is 13.5 Å². The van der Waals surface area contributed by atoms with Crippen LogP contribution in [0.25, 0.3) is 0 Å². The molecule has 0 N–H and O–H groups in total. The summed E-state index contributed by atoms with van der Waals surface area (Å²) in [5.74, 6) is 0.0373. The van der Waals surface area contributed by atoms with Gasteiger partial charge in [0.1, 0.15) is 5.57 Å². The first kappa shape index (κ1) is 20.5. The third-order valence-electron chi connectivity index (χ3n) is 2.35. The fraction of sp³-hybridized carbons (Fsp3) is 0.786. The first-order valence-electron chi connectivity index (χ1n) is 7.36. The molecule has 0 aromatic carbocycles. The molecule has 0 spiro atoms. The van der Waals surface area contributed by atoms with Gasteiger partial charge in [-0.15, -0.1) is 0 Å². The molecular formula is C14H30O4Si3. The fourth-order valence-electron chi connectivity index (χ4n) is 1.38. The average molecular weight is 347 g/mol. The van der Waals surface area contributed by atoms with Gasteiger partial charge in [-0.3, -0.25) is 0 Å². The van der Waals surface area contributed by atoms with Gasteiger partial charge in [-0.1, -0.05) is 13.5 Å². The molecule has 0 aliphatic heterocycles. The predicted octanol–water partition coefficient (Wildman–Crippen LogP) is 3.95. The van der Waals surface area contributed by atoms with E-state index in [2.05, 4.69) is 39.3 Å². The predicted molar refractivity (Wildman–Crippen MR) is 93.4 cm³/mol. The van der Waals surface area contributed by atoms with Crippen LogP contribution in [0.2, 0.25) is 45.8 Å². The number of hydrogen-bond donors (Lipinski definition) is 0. The molecule has 2 radical (unpaired) electrons. The van der Waals surface area contributed by atoms with Crippen molar-refractivity contribution < 1.29 is 18.4 Å². The minimum atomic E-state index is -1.85. The van der Waals surface area contributed by atoms with Gasteiger partial charge in [-0.25, -0.2) is 4.79 Å². The van der Waals surface area contributed by atoms with Gasteiger partial charge in [0, 0.05) is 0 Å². The van der Waals surface area contributed by atoms with E-state index in [1.54, 1.807) is 6.92 Å². The van der Waals surface area contributed by atoms with Crippen molar-refractivity contribution in [3.05, 3.63) is 11.5 Å². The second-order valence-electron chi connectivity index (χ2n) is 6.93. The van der Waals surface area contributed by atoms with Gasteiger partial charge in [-0.2, -0.15) is 0 Å². The number of carbonyl (C=O) groups excluding carboxylic acids is 1. The molecule has 0 saturated carbocycles. The molecule has 0 saturated heterocycles. The van der Waals surface area contributed by atoms with E-state index >= 15 is 0 Å². The molecule has 0 aromatic heterocycles.